The number of hydrogen-bond acceptors (Lipinski definition) is 4. The average Bonchev–Trinajstić information content (AvgIpc) is 2.44. The Hall–Kier alpha value is -0.980. The van der Waals surface area contributed by atoms with E-state index in [2.05, 4.69) is 21.2 Å². The van der Waals surface area contributed by atoms with E-state index < -0.39 is 0 Å². The van der Waals surface area contributed by atoms with Gasteiger partial charge in [-0.25, -0.2) is 0 Å². The van der Waals surface area contributed by atoms with Crippen molar-refractivity contribution in [3.8, 4) is 11.5 Å². The topological polar surface area (TPSA) is 73.6 Å². The molecule has 0 bridgehead atoms. The van der Waals surface area contributed by atoms with E-state index >= 15 is 0 Å². The molecule has 0 saturated heterocycles. The molecule has 1 aromatic carbocycles. The number of hydrogen-bond donors (Lipinski definition) is 2. The van der Waals surface area contributed by atoms with Crippen LogP contribution in [0.5, 0.6) is 11.5 Å². The number of amides is 1. The number of ether oxygens (including phenoxy) is 2. The SMILES string of the molecule is CCCOc1c(Br)cc(C(=O)NCCC(C)N)cc1OC.Cl. The maximum absolute atomic E-state index is 12.1. The van der Waals surface area contributed by atoms with Crippen LogP contribution in [-0.4, -0.2) is 32.2 Å². The minimum Gasteiger partial charge on any atom is -0.493 e. The van der Waals surface area contributed by atoms with E-state index in [1.54, 1.807) is 19.2 Å². The standard InChI is InChI=1S/C15H23BrN2O3.ClH/c1-4-7-21-14-12(16)8-11(9-13(14)20-3)15(19)18-6-5-10(2)17;/h8-10H,4-7,17H2,1-3H3,(H,18,19);1H. The molecule has 0 radical (unpaired) electrons. The summed E-state index contributed by atoms with van der Waals surface area (Å²) in [5, 5.41) is 2.84. The molecule has 3 N–H and O–H groups in total. The van der Waals surface area contributed by atoms with Crippen molar-refractivity contribution in [3.05, 3.63) is 22.2 Å². The van der Waals surface area contributed by atoms with Crippen molar-refractivity contribution in [2.24, 2.45) is 5.73 Å². The number of nitrogens with one attached hydrogen (secondary N) is 1. The number of methoxy groups -OCH3 is 1. The van der Waals surface area contributed by atoms with Crippen LogP contribution in [0.3, 0.4) is 0 Å². The molecule has 1 amide bonds. The lowest BCUT2D eigenvalue weighted by atomic mass is 10.1. The molecule has 1 unspecified atom stereocenters. The molecule has 0 aromatic heterocycles. The van der Waals surface area contributed by atoms with Crippen LogP contribution in [0.25, 0.3) is 0 Å². The van der Waals surface area contributed by atoms with Crippen molar-refractivity contribution in [3.63, 3.8) is 0 Å². The van der Waals surface area contributed by atoms with Crippen molar-refractivity contribution in [1.82, 2.24) is 5.32 Å². The molecule has 0 aliphatic heterocycles. The lowest BCUT2D eigenvalue weighted by molar-refractivity contribution is 0.0952. The number of rotatable bonds is 8. The van der Waals surface area contributed by atoms with E-state index in [1.165, 1.54) is 0 Å². The Morgan fingerprint density at radius 1 is 1.45 bits per heavy atom. The second kappa shape index (κ2) is 10.7. The van der Waals surface area contributed by atoms with Crippen molar-refractivity contribution >= 4 is 34.2 Å². The minimum atomic E-state index is -0.156. The molecule has 0 aliphatic rings. The van der Waals surface area contributed by atoms with E-state index in [4.69, 9.17) is 15.2 Å². The van der Waals surface area contributed by atoms with Gasteiger partial charge in [0.25, 0.3) is 5.91 Å². The minimum absolute atomic E-state index is 0. The average molecular weight is 396 g/mol. The van der Waals surface area contributed by atoms with Crippen LogP contribution >= 0.6 is 28.3 Å². The molecule has 0 spiro atoms. The van der Waals surface area contributed by atoms with Gasteiger partial charge in [0.2, 0.25) is 0 Å². The summed E-state index contributed by atoms with van der Waals surface area (Å²) in [6.45, 7) is 5.08. The predicted molar refractivity (Wildman–Crippen MR) is 94.3 cm³/mol. The zero-order valence-electron chi connectivity index (χ0n) is 13.1. The summed E-state index contributed by atoms with van der Waals surface area (Å²) in [4.78, 5) is 12.1. The van der Waals surface area contributed by atoms with Crippen LogP contribution in [0.1, 0.15) is 37.0 Å². The second-order valence-electron chi connectivity index (χ2n) is 4.86. The molecule has 0 saturated carbocycles. The summed E-state index contributed by atoms with van der Waals surface area (Å²) < 4.78 is 11.6. The fourth-order valence-electron chi connectivity index (χ4n) is 1.71. The van der Waals surface area contributed by atoms with Gasteiger partial charge in [0.05, 0.1) is 18.2 Å². The highest BCUT2D eigenvalue weighted by Crippen LogP contribution is 2.36. The molecule has 5 nitrogen and oxygen atoms in total. The Morgan fingerprint density at radius 3 is 2.68 bits per heavy atom. The first-order valence-electron chi connectivity index (χ1n) is 7.03. The zero-order chi connectivity index (χ0) is 15.8. The third-order valence-electron chi connectivity index (χ3n) is 2.83. The molecule has 126 valence electrons. The zero-order valence-corrected chi connectivity index (χ0v) is 15.6. The third-order valence-corrected chi connectivity index (χ3v) is 3.42. The van der Waals surface area contributed by atoms with Crippen molar-refractivity contribution in [2.75, 3.05) is 20.3 Å². The van der Waals surface area contributed by atoms with Crippen LogP contribution in [0.4, 0.5) is 0 Å². The lowest BCUT2D eigenvalue weighted by Crippen LogP contribution is -2.29. The molecular weight excluding hydrogens is 372 g/mol. The highest BCUT2D eigenvalue weighted by atomic mass is 79.9. The van der Waals surface area contributed by atoms with Gasteiger partial charge < -0.3 is 20.5 Å². The highest BCUT2D eigenvalue weighted by molar-refractivity contribution is 9.10. The number of benzene rings is 1. The first-order valence-corrected chi connectivity index (χ1v) is 7.83. The predicted octanol–water partition coefficient (Wildman–Crippen LogP) is 3.14. The Kier molecular flexibility index (Phi) is 10.2. The normalized spacial score (nSPS) is 11.3. The lowest BCUT2D eigenvalue weighted by Gasteiger charge is -2.14. The molecule has 0 heterocycles. The molecule has 0 aliphatic carbocycles. The summed E-state index contributed by atoms with van der Waals surface area (Å²) in [7, 11) is 1.55. The van der Waals surface area contributed by atoms with E-state index in [9.17, 15) is 4.79 Å². The first kappa shape index (κ1) is 21.0. The van der Waals surface area contributed by atoms with Crippen molar-refractivity contribution in [1.29, 1.82) is 0 Å². The molecule has 7 heteroatoms. The number of carbonyl (C=O) groups is 1. The smallest absolute Gasteiger partial charge is 0.251 e. The Bertz CT molecular complexity index is 484. The first-order chi connectivity index (χ1) is 9.99. The van der Waals surface area contributed by atoms with Gasteiger partial charge in [0.15, 0.2) is 11.5 Å². The van der Waals surface area contributed by atoms with Gasteiger partial charge in [-0.3, -0.25) is 4.79 Å². The monoisotopic (exact) mass is 394 g/mol. The summed E-state index contributed by atoms with van der Waals surface area (Å²) in [5.41, 5.74) is 6.18. The maximum Gasteiger partial charge on any atom is 0.251 e. The van der Waals surface area contributed by atoms with Gasteiger partial charge in [-0.05, 0) is 47.8 Å². The molecule has 1 aromatic rings. The fourth-order valence-corrected chi connectivity index (χ4v) is 2.27. The third kappa shape index (κ3) is 6.42. The number of halogens is 2. The molecule has 1 rings (SSSR count). The van der Waals surface area contributed by atoms with Gasteiger partial charge in [0.1, 0.15) is 0 Å². The van der Waals surface area contributed by atoms with Crippen LogP contribution in [0.15, 0.2) is 16.6 Å². The van der Waals surface area contributed by atoms with Gasteiger partial charge >= 0.3 is 0 Å². The van der Waals surface area contributed by atoms with Crippen LogP contribution < -0.4 is 20.5 Å². The van der Waals surface area contributed by atoms with E-state index in [0.29, 0.717) is 34.7 Å². The molecule has 0 fully saturated rings. The number of carbonyl (C=O) groups excluding carboxylic acids is 1. The molecule has 1 atom stereocenters. The van der Waals surface area contributed by atoms with Gasteiger partial charge in [0, 0.05) is 18.2 Å². The summed E-state index contributed by atoms with van der Waals surface area (Å²) in [5.74, 6) is 0.998. The van der Waals surface area contributed by atoms with E-state index in [1.807, 2.05) is 13.8 Å². The van der Waals surface area contributed by atoms with Crippen molar-refractivity contribution < 1.29 is 14.3 Å². The summed E-state index contributed by atoms with van der Waals surface area (Å²) in [6, 6.07) is 3.47. The van der Waals surface area contributed by atoms with Crippen LogP contribution in [-0.2, 0) is 0 Å². The van der Waals surface area contributed by atoms with Gasteiger partial charge in [-0.15, -0.1) is 12.4 Å². The second-order valence-corrected chi connectivity index (χ2v) is 5.71. The Balaban J connectivity index is 0.00000441. The highest BCUT2D eigenvalue weighted by Gasteiger charge is 2.15. The number of nitrogens with two attached hydrogens (primary N) is 1. The fraction of sp³-hybridized carbons (Fsp3) is 0.533. The summed E-state index contributed by atoms with van der Waals surface area (Å²) >= 11 is 3.42. The quantitative estimate of drug-likeness (QED) is 0.709. The van der Waals surface area contributed by atoms with Crippen LogP contribution in [0, 0.1) is 0 Å². The Labute approximate surface area is 146 Å². The van der Waals surface area contributed by atoms with Crippen molar-refractivity contribution in [2.45, 2.75) is 32.7 Å². The summed E-state index contributed by atoms with van der Waals surface area (Å²) in [6.07, 6.45) is 1.64. The largest absolute Gasteiger partial charge is 0.493 e. The maximum atomic E-state index is 12.1. The van der Waals surface area contributed by atoms with Gasteiger partial charge in [-0.1, -0.05) is 6.92 Å². The van der Waals surface area contributed by atoms with Gasteiger partial charge in [-0.2, -0.15) is 0 Å². The van der Waals surface area contributed by atoms with E-state index in [0.717, 1.165) is 12.8 Å². The van der Waals surface area contributed by atoms with E-state index in [-0.39, 0.29) is 24.4 Å². The van der Waals surface area contributed by atoms with Crippen LogP contribution in [0.2, 0.25) is 0 Å². The molecular formula is C15H24BrClN2O3. The molecule has 22 heavy (non-hydrogen) atoms. The Morgan fingerprint density at radius 2 is 2.14 bits per heavy atom.